The van der Waals surface area contributed by atoms with Gasteiger partial charge in [0.25, 0.3) is 5.91 Å². The molecule has 0 radical (unpaired) electrons. The normalized spacial score (nSPS) is 16.3. The quantitative estimate of drug-likeness (QED) is 0.743. The number of nitrogens with one attached hydrogen (secondary N) is 2. The van der Waals surface area contributed by atoms with Crippen molar-refractivity contribution >= 4 is 11.6 Å². The van der Waals surface area contributed by atoms with Gasteiger partial charge in [-0.15, -0.1) is 0 Å². The van der Waals surface area contributed by atoms with Gasteiger partial charge in [0.15, 0.2) is 0 Å². The molecule has 7 heteroatoms. The summed E-state index contributed by atoms with van der Waals surface area (Å²) in [5, 5.41) is 9.56. The van der Waals surface area contributed by atoms with E-state index in [1.54, 1.807) is 0 Å². The minimum absolute atomic E-state index is 0.213. The van der Waals surface area contributed by atoms with Crippen LogP contribution >= 0.6 is 0 Å². The van der Waals surface area contributed by atoms with Gasteiger partial charge >= 0.3 is 0 Å². The number of amides is 1. The molecule has 136 valence electrons. The van der Waals surface area contributed by atoms with Crippen molar-refractivity contribution in [1.82, 2.24) is 15.5 Å². The number of aryl methyl sites for hydroxylation is 1. The Hall–Kier alpha value is -2.93. The minimum atomic E-state index is -0.333. The molecule has 0 spiro atoms. The molecule has 2 N–H and O–H groups in total. The Balaban J connectivity index is 1.74. The van der Waals surface area contributed by atoms with Crippen LogP contribution in [0.1, 0.15) is 17.9 Å². The molecule has 0 saturated carbocycles. The van der Waals surface area contributed by atoms with Crippen molar-refractivity contribution in [3.05, 3.63) is 54.7 Å². The van der Waals surface area contributed by atoms with Crippen LogP contribution in [0.15, 0.2) is 47.8 Å². The zero-order valence-corrected chi connectivity index (χ0v) is 14.7. The highest BCUT2D eigenvalue weighted by Gasteiger charge is 2.20. The van der Waals surface area contributed by atoms with Crippen molar-refractivity contribution in [2.45, 2.75) is 19.8 Å². The first-order valence-corrected chi connectivity index (χ1v) is 8.46. The fourth-order valence-electron chi connectivity index (χ4n) is 2.73. The summed E-state index contributed by atoms with van der Waals surface area (Å²) in [5.41, 5.74) is 2.56. The summed E-state index contributed by atoms with van der Waals surface area (Å²) in [6.45, 7) is 10.6. The Kier molecular flexibility index (Phi) is 5.48. The lowest BCUT2D eigenvalue weighted by atomic mass is 10.1. The first kappa shape index (κ1) is 17.9. The fourth-order valence-corrected chi connectivity index (χ4v) is 2.73. The van der Waals surface area contributed by atoms with Crippen LogP contribution in [0.5, 0.6) is 0 Å². The second-order valence-electron chi connectivity index (χ2n) is 6.26. The van der Waals surface area contributed by atoms with Crippen molar-refractivity contribution < 1.29 is 14.1 Å². The first-order chi connectivity index (χ1) is 12.6. The van der Waals surface area contributed by atoms with Crippen LogP contribution in [0, 0.1) is 12.8 Å². The van der Waals surface area contributed by atoms with Gasteiger partial charge in [-0.1, -0.05) is 30.4 Å². The lowest BCUT2D eigenvalue weighted by Crippen LogP contribution is -2.21. The lowest BCUT2D eigenvalue weighted by Gasteiger charge is -2.10. The van der Waals surface area contributed by atoms with E-state index in [0.717, 1.165) is 37.2 Å². The molecule has 2 aromatic rings. The molecule has 1 aromatic heterocycles. The van der Waals surface area contributed by atoms with Crippen LogP contribution < -0.4 is 10.6 Å². The van der Waals surface area contributed by atoms with Gasteiger partial charge in [0, 0.05) is 30.9 Å². The van der Waals surface area contributed by atoms with Crippen molar-refractivity contribution in [1.29, 1.82) is 0 Å². The molecule has 1 aliphatic heterocycles. The number of carbonyl (C=O) groups excluding carboxylic acids is 1. The Bertz CT molecular complexity index is 822. The van der Waals surface area contributed by atoms with Crippen molar-refractivity contribution in [3.63, 3.8) is 0 Å². The van der Waals surface area contributed by atoms with Crippen LogP contribution in [0.2, 0.25) is 0 Å². The summed E-state index contributed by atoms with van der Waals surface area (Å²) in [6.07, 6.45) is 3.14. The number of aromatic nitrogens is 2. The number of rotatable bonds is 7. The van der Waals surface area contributed by atoms with E-state index in [4.69, 9.17) is 9.26 Å². The molecule has 0 bridgehead atoms. The maximum absolute atomic E-state index is 12.1. The van der Waals surface area contributed by atoms with Gasteiger partial charge in [-0.05, 0) is 37.1 Å². The molecule has 7 nitrogen and oxygen atoms in total. The van der Waals surface area contributed by atoms with E-state index in [0.29, 0.717) is 23.3 Å². The maximum Gasteiger partial charge on any atom is 0.271 e. The number of ether oxygens (including phenoxy) is 1. The smallest absolute Gasteiger partial charge is 0.271 e. The number of carbonyl (C=O) groups is 1. The second kappa shape index (κ2) is 7.97. The van der Waals surface area contributed by atoms with Crippen LogP contribution in [-0.4, -0.2) is 29.3 Å². The molecular formula is C19H22N4O3. The second-order valence-corrected chi connectivity index (χ2v) is 6.26. The summed E-state index contributed by atoms with van der Waals surface area (Å²) in [6, 6.07) is 5.62. The van der Waals surface area contributed by atoms with Crippen LogP contribution in [0.4, 0.5) is 5.69 Å². The van der Waals surface area contributed by atoms with E-state index < -0.39 is 0 Å². The molecule has 1 aliphatic rings. The number of benzene rings is 1. The highest BCUT2D eigenvalue weighted by molar-refractivity contribution is 6.03. The van der Waals surface area contributed by atoms with Crippen LogP contribution in [0.25, 0.3) is 11.4 Å². The number of hydrogen-bond acceptors (Lipinski definition) is 6. The third-order valence-electron chi connectivity index (χ3n) is 4.25. The third kappa shape index (κ3) is 4.18. The van der Waals surface area contributed by atoms with E-state index in [1.807, 2.05) is 25.1 Å². The SMILES string of the molecule is C=CNC(=C)C(=O)Nc1cc(-c2noc(C[C@H]3CCOC3)n2)ccc1C. The van der Waals surface area contributed by atoms with E-state index in [-0.39, 0.29) is 11.6 Å². The van der Waals surface area contributed by atoms with Gasteiger partial charge < -0.3 is 19.9 Å². The van der Waals surface area contributed by atoms with Crippen molar-refractivity contribution in [3.8, 4) is 11.4 Å². The molecule has 1 atom stereocenters. The highest BCUT2D eigenvalue weighted by Crippen LogP contribution is 2.25. The topological polar surface area (TPSA) is 89.3 Å². The number of nitrogens with zero attached hydrogens (tertiary/aromatic N) is 2. The van der Waals surface area contributed by atoms with E-state index in [1.165, 1.54) is 6.20 Å². The molecule has 2 heterocycles. The molecule has 3 rings (SSSR count). The molecule has 1 fully saturated rings. The summed E-state index contributed by atoms with van der Waals surface area (Å²) >= 11 is 0. The van der Waals surface area contributed by atoms with Crippen molar-refractivity contribution in [2.75, 3.05) is 18.5 Å². The molecule has 26 heavy (non-hydrogen) atoms. The fraction of sp³-hybridized carbons (Fsp3) is 0.316. The maximum atomic E-state index is 12.1. The zero-order valence-electron chi connectivity index (χ0n) is 14.7. The van der Waals surface area contributed by atoms with E-state index in [2.05, 4.69) is 33.9 Å². The van der Waals surface area contributed by atoms with Crippen molar-refractivity contribution in [2.24, 2.45) is 5.92 Å². The van der Waals surface area contributed by atoms with Crippen LogP contribution in [-0.2, 0) is 16.0 Å². The Labute approximate surface area is 152 Å². The summed E-state index contributed by atoms with van der Waals surface area (Å²) in [7, 11) is 0. The molecule has 1 saturated heterocycles. The molecule has 0 unspecified atom stereocenters. The number of hydrogen-bond donors (Lipinski definition) is 2. The molecule has 0 aliphatic carbocycles. The zero-order chi connectivity index (χ0) is 18.5. The predicted molar refractivity (Wildman–Crippen MR) is 98.2 cm³/mol. The standard InChI is InChI=1S/C19H22N4O3/c1-4-20-13(3)19(24)21-16-10-15(6-5-12(16)2)18-22-17(26-23-18)9-14-7-8-25-11-14/h4-6,10,14,20H,1,3,7-9,11H2,2H3,(H,21,24)/t14-/m1/s1. The molecule has 1 aromatic carbocycles. The van der Waals surface area contributed by atoms with Gasteiger partial charge in [0.05, 0.1) is 5.70 Å². The first-order valence-electron chi connectivity index (χ1n) is 8.46. The Morgan fingerprint density at radius 2 is 2.31 bits per heavy atom. The highest BCUT2D eigenvalue weighted by atomic mass is 16.5. The lowest BCUT2D eigenvalue weighted by molar-refractivity contribution is -0.113. The largest absolute Gasteiger partial charge is 0.381 e. The minimum Gasteiger partial charge on any atom is -0.381 e. The van der Waals surface area contributed by atoms with Crippen LogP contribution in [0.3, 0.4) is 0 Å². The summed E-state index contributed by atoms with van der Waals surface area (Å²) in [4.78, 5) is 16.6. The number of anilines is 1. The predicted octanol–water partition coefficient (Wildman–Crippen LogP) is 2.81. The molecular weight excluding hydrogens is 332 g/mol. The monoisotopic (exact) mass is 354 g/mol. The average molecular weight is 354 g/mol. The Morgan fingerprint density at radius 1 is 1.46 bits per heavy atom. The third-order valence-corrected chi connectivity index (χ3v) is 4.25. The van der Waals surface area contributed by atoms with E-state index in [9.17, 15) is 4.79 Å². The average Bonchev–Trinajstić information content (AvgIpc) is 3.29. The summed E-state index contributed by atoms with van der Waals surface area (Å²) < 4.78 is 10.7. The van der Waals surface area contributed by atoms with Gasteiger partial charge in [-0.2, -0.15) is 4.98 Å². The van der Waals surface area contributed by atoms with E-state index >= 15 is 0 Å². The Morgan fingerprint density at radius 3 is 3.04 bits per heavy atom. The molecule has 1 amide bonds. The van der Waals surface area contributed by atoms with Gasteiger partial charge in [0.2, 0.25) is 11.7 Å². The van der Waals surface area contributed by atoms with Gasteiger partial charge in [0.1, 0.15) is 0 Å². The van der Waals surface area contributed by atoms with Gasteiger partial charge in [-0.3, -0.25) is 4.79 Å². The van der Waals surface area contributed by atoms with Gasteiger partial charge in [-0.25, -0.2) is 0 Å². The summed E-state index contributed by atoms with van der Waals surface area (Å²) in [5.74, 6) is 1.20.